The molecule has 1 unspecified atom stereocenters. The third kappa shape index (κ3) is 4.79. The van der Waals surface area contributed by atoms with Gasteiger partial charge in [-0.05, 0) is 38.7 Å². The molecule has 0 aliphatic heterocycles. The van der Waals surface area contributed by atoms with Gasteiger partial charge in [0.2, 0.25) is 0 Å². The van der Waals surface area contributed by atoms with E-state index in [0.717, 1.165) is 11.3 Å². The Hall–Kier alpha value is -1.75. The van der Waals surface area contributed by atoms with Crippen LogP contribution in [0.15, 0.2) is 24.3 Å². The molecule has 0 aliphatic rings. The highest BCUT2D eigenvalue weighted by molar-refractivity contribution is 5.66. The van der Waals surface area contributed by atoms with Gasteiger partial charge in [-0.3, -0.25) is 0 Å². The number of likely N-dealkylation sites (N-methyl/N-ethyl adjacent to an activating group) is 1. The molecule has 1 atom stereocenters. The van der Waals surface area contributed by atoms with E-state index in [1.54, 1.807) is 0 Å². The van der Waals surface area contributed by atoms with Crippen LogP contribution >= 0.6 is 0 Å². The number of methoxy groups -OCH3 is 1. The van der Waals surface area contributed by atoms with E-state index in [0.29, 0.717) is 13.2 Å². The predicted octanol–water partition coefficient (Wildman–Crippen LogP) is 2.04. The Balaban J connectivity index is 2.72. The largest absolute Gasteiger partial charge is 0.494 e. The van der Waals surface area contributed by atoms with Crippen LogP contribution in [-0.4, -0.2) is 45.3 Å². The first kappa shape index (κ1) is 15.3. The van der Waals surface area contributed by atoms with E-state index in [1.165, 1.54) is 7.11 Å². The van der Waals surface area contributed by atoms with Crippen LogP contribution in [0.4, 0.5) is 4.79 Å². The van der Waals surface area contributed by atoms with Crippen molar-refractivity contribution >= 4 is 6.09 Å². The van der Waals surface area contributed by atoms with Gasteiger partial charge in [0.1, 0.15) is 5.75 Å². The van der Waals surface area contributed by atoms with Crippen LogP contribution < -0.4 is 10.1 Å². The minimum atomic E-state index is -0.419. The molecule has 0 saturated carbocycles. The van der Waals surface area contributed by atoms with E-state index in [4.69, 9.17) is 4.74 Å². The SMILES string of the molecule is CCOc1ccc(C(CNC(=O)OC)N(C)C)cc1. The first-order valence-corrected chi connectivity index (χ1v) is 6.29. The number of hydrogen-bond donors (Lipinski definition) is 1. The molecule has 0 aliphatic carbocycles. The molecule has 0 fully saturated rings. The second-order valence-electron chi connectivity index (χ2n) is 4.35. The van der Waals surface area contributed by atoms with Crippen LogP contribution in [-0.2, 0) is 4.74 Å². The number of alkyl carbamates (subject to hydrolysis) is 1. The van der Waals surface area contributed by atoms with Crippen LogP contribution in [0.25, 0.3) is 0 Å². The highest BCUT2D eigenvalue weighted by Gasteiger charge is 2.15. The smallest absolute Gasteiger partial charge is 0.406 e. The molecule has 0 heterocycles. The molecule has 0 radical (unpaired) electrons. The van der Waals surface area contributed by atoms with Gasteiger partial charge in [0.25, 0.3) is 0 Å². The molecule has 0 spiro atoms. The standard InChI is InChI=1S/C14H22N2O3/c1-5-19-12-8-6-11(7-9-12)13(16(2)3)10-15-14(17)18-4/h6-9,13H,5,10H2,1-4H3,(H,15,17). The molecule has 0 aromatic heterocycles. The van der Waals surface area contributed by atoms with Crippen molar-refractivity contribution in [1.29, 1.82) is 0 Å². The molecular formula is C14H22N2O3. The number of nitrogens with zero attached hydrogens (tertiary/aromatic N) is 1. The highest BCUT2D eigenvalue weighted by Crippen LogP contribution is 2.20. The third-order valence-corrected chi connectivity index (χ3v) is 2.82. The lowest BCUT2D eigenvalue weighted by Crippen LogP contribution is -2.34. The van der Waals surface area contributed by atoms with Crippen molar-refractivity contribution < 1.29 is 14.3 Å². The molecule has 1 aromatic rings. The maximum atomic E-state index is 11.1. The predicted molar refractivity (Wildman–Crippen MR) is 74.4 cm³/mol. The van der Waals surface area contributed by atoms with Gasteiger partial charge < -0.3 is 19.7 Å². The van der Waals surface area contributed by atoms with E-state index in [-0.39, 0.29) is 6.04 Å². The lowest BCUT2D eigenvalue weighted by Gasteiger charge is -2.25. The van der Waals surface area contributed by atoms with Gasteiger partial charge in [-0.2, -0.15) is 0 Å². The summed E-state index contributed by atoms with van der Waals surface area (Å²) >= 11 is 0. The number of rotatable bonds is 6. The number of benzene rings is 1. The van der Waals surface area contributed by atoms with Crippen LogP contribution in [0.3, 0.4) is 0 Å². The molecule has 1 amide bonds. The fourth-order valence-electron chi connectivity index (χ4n) is 1.80. The Bertz CT molecular complexity index is 390. The van der Waals surface area contributed by atoms with Crippen molar-refractivity contribution in [2.24, 2.45) is 0 Å². The van der Waals surface area contributed by atoms with Gasteiger partial charge in [-0.15, -0.1) is 0 Å². The van der Waals surface area contributed by atoms with E-state index in [2.05, 4.69) is 10.1 Å². The summed E-state index contributed by atoms with van der Waals surface area (Å²) in [5, 5.41) is 2.72. The summed E-state index contributed by atoms with van der Waals surface area (Å²) in [5.41, 5.74) is 1.12. The van der Waals surface area contributed by atoms with Crippen molar-refractivity contribution in [3.05, 3.63) is 29.8 Å². The summed E-state index contributed by atoms with van der Waals surface area (Å²) in [4.78, 5) is 13.2. The minimum absolute atomic E-state index is 0.0924. The zero-order chi connectivity index (χ0) is 14.3. The number of nitrogens with one attached hydrogen (secondary N) is 1. The van der Waals surface area contributed by atoms with Crippen LogP contribution in [0, 0.1) is 0 Å². The molecule has 5 heteroatoms. The first-order valence-electron chi connectivity index (χ1n) is 6.29. The van der Waals surface area contributed by atoms with E-state index < -0.39 is 6.09 Å². The van der Waals surface area contributed by atoms with Gasteiger partial charge in [0.05, 0.1) is 19.8 Å². The Labute approximate surface area is 114 Å². The normalized spacial score (nSPS) is 12.1. The summed E-state index contributed by atoms with van der Waals surface area (Å²) in [6, 6.07) is 7.99. The van der Waals surface area contributed by atoms with Crippen molar-refractivity contribution in [2.45, 2.75) is 13.0 Å². The fourth-order valence-corrected chi connectivity index (χ4v) is 1.80. The van der Waals surface area contributed by atoms with Gasteiger partial charge in [-0.1, -0.05) is 12.1 Å². The zero-order valence-corrected chi connectivity index (χ0v) is 12.0. The molecule has 106 valence electrons. The molecule has 19 heavy (non-hydrogen) atoms. The quantitative estimate of drug-likeness (QED) is 0.856. The number of amides is 1. The average Bonchev–Trinajstić information content (AvgIpc) is 2.40. The molecular weight excluding hydrogens is 244 g/mol. The maximum absolute atomic E-state index is 11.1. The van der Waals surface area contributed by atoms with E-state index >= 15 is 0 Å². The van der Waals surface area contributed by atoms with Gasteiger partial charge in [0, 0.05) is 6.54 Å². The molecule has 1 rings (SSSR count). The first-order chi connectivity index (χ1) is 9.08. The molecule has 1 aromatic carbocycles. The third-order valence-electron chi connectivity index (χ3n) is 2.82. The van der Waals surface area contributed by atoms with E-state index in [9.17, 15) is 4.79 Å². The Kier molecular flexibility index (Phi) is 6.15. The van der Waals surface area contributed by atoms with Crippen LogP contribution in [0.5, 0.6) is 5.75 Å². The summed E-state index contributed by atoms with van der Waals surface area (Å²) < 4.78 is 9.99. The number of carbonyl (C=O) groups excluding carboxylic acids is 1. The minimum Gasteiger partial charge on any atom is -0.494 e. The molecule has 1 N–H and O–H groups in total. The Morgan fingerprint density at radius 3 is 2.42 bits per heavy atom. The molecule has 0 bridgehead atoms. The summed E-state index contributed by atoms with van der Waals surface area (Å²) in [6.07, 6.45) is -0.419. The van der Waals surface area contributed by atoms with Crippen LogP contribution in [0.1, 0.15) is 18.5 Å². The highest BCUT2D eigenvalue weighted by atomic mass is 16.5. The molecule has 0 saturated heterocycles. The summed E-state index contributed by atoms with van der Waals surface area (Å²) in [5.74, 6) is 0.852. The number of hydrogen-bond acceptors (Lipinski definition) is 4. The fraction of sp³-hybridized carbons (Fsp3) is 0.500. The number of ether oxygens (including phenoxy) is 2. The second-order valence-corrected chi connectivity index (χ2v) is 4.35. The van der Waals surface area contributed by atoms with Crippen molar-refractivity contribution in [1.82, 2.24) is 10.2 Å². The lowest BCUT2D eigenvalue weighted by atomic mass is 10.1. The van der Waals surface area contributed by atoms with Crippen LogP contribution in [0.2, 0.25) is 0 Å². The summed E-state index contributed by atoms with van der Waals surface area (Å²) in [7, 11) is 5.30. The van der Waals surface area contributed by atoms with Gasteiger partial charge in [-0.25, -0.2) is 4.79 Å². The van der Waals surface area contributed by atoms with Gasteiger partial charge in [0.15, 0.2) is 0 Å². The maximum Gasteiger partial charge on any atom is 0.406 e. The lowest BCUT2D eigenvalue weighted by molar-refractivity contribution is 0.166. The summed E-state index contributed by atoms with van der Waals surface area (Å²) in [6.45, 7) is 3.10. The average molecular weight is 266 g/mol. The molecule has 5 nitrogen and oxygen atoms in total. The monoisotopic (exact) mass is 266 g/mol. The van der Waals surface area contributed by atoms with Crippen molar-refractivity contribution in [3.63, 3.8) is 0 Å². The number of carbonyl (C=O) groups is 1. The Morgan fingerprint density at radius 1 is 1.32 bits per heavy atom. The zero-order valence-electron chi connectivity index (χ0n) is 12.0. The topological polar surface area (TPSA) is 50.8 Å². The van der Waals surface area contributed by atoms with E-state index in [1.807, 2.05) is 50.2 Å². The second kappa shape index (κ2) is 7.63. The van der Waals surface area contributed by atoms with Crippen molar-refractivity contribution in [3.8, 4) is 5.75 Å². The Morgan fingerprint density at radius 2 is 1.95 bits per heavy atom. The van der Waals surface area contributed by atoms with Gasteiger partial charge >= 0.3 is 6.09 Å². The van der Waals surface area contributed by atoms with Crippen molar-refractivity contribution in [2.75, 3.05) is 34.4 Å².